The van der Waals surface area contributed by atoms with Crippen LogP contribution in [0.25, 0.3) is 10.3 Å². The van der Waals surface area contributed by atoms with E-state index in [1.54, 1.807) is 0 Å². The van der Waals surface area contributed by atoms with E-state index in [4.69, 9.17) is 40.6 Å². The minimum atomic E-state index is -0.610. The molecule has 5 aromatic heterocycles. The Bertz CT molecular complexity index is 3930. The number of rotatable bonds is 14. The second kappa shape index (κ2) is 23.3. The van der Waals surface area contributed by atoms with Crippen molar-refractivity contribution in [2.45, 2.75) is 149 Å². The first-order valence-electron chi connectivity index (χ1n) is 28.2. The number of nitriles is 2. The molecule has 0 aliphatic carbocycles. The van der Waals surface area contributed by atoms with E-state index in [2.05, 4.69) is 175 Å². The van der Waals surface area contributed by atoms with Crippen LogP contribution in [0.1, 0.15) is 142 Å². The Balaban J connectivity index is 1.17. The molecule has 19 heteroatoms. The van der Waals surface area contributed by atoms with Crippen LogP contribution < -0.4 is 21.3 Å². The van der Waals surface area contributed by atoms with Gasteiger partial charge in [0.25, 0.3) is 0 Å². The van der Waals surface area contributed by atoms with Crippen molar-refractivity contribution in [1.82, 2.24) is 39.7 Å². The zero-order chi connectivity index (χ0) is 61.7. The molecule has 0 radical (unpaired) electrons. The molecule has 434 valence electrons. The van der Waals surface area contributed by atoms with Crippen molar-refractivity contribution in [3.63, 3.8) is 0 Å². The lowest BCUT2D eigenvalue weighted by atomic mass is 9.89. The summed E-state index contributed by atoms with van der Waals surface area (Å²) >= 11 is 1.12. The highest BCUT2D eigenvalue weighted by Gasteiger charge is 2.32. The van der Waals surface area contributed by atoms with Crippen molar-refractivity contribution < 1.29 is 0 Å². The maximum atomic E-state index is 11.0. The fraction of sp³-hybridized carbons (Fsp3) is 0.333. The molecule has 0 fully saturated rings. The van der Waals surface area contributed by atoms with Gasteiger partial charge in [-0.05, 0) is 165 Å². The van der Waals surface area contributed by atoms with Crippen molar-refractivity contribution in [2.24, 2.45) is 20.5 Å². The lowest BCUT2D eigenvalue weighted by Crippen LogP contribution is -2.14. The average molecular weight is 1150 g/mol. The third-order valence-electron chi connectivity index (χ3n) is 14.7. The summed E-state index contributed by atoms with van der Waals surface area (Å²) < 4.78 is 2.98. The van der Waals surface area contributed by atoms with Crippen LogP contribution in [0.2, 0.25) is 0 Å². The number of hydrogen-bond acceptors (Lipinski definition) is 17. The number of nitrogens with one attached hydrogen (secondary N) is 4. The minimum absolute atomic E-state index is 0.137. The molecule has 4 N–H and O–H groups in total. The van der Waals surface area contributed by atoms with Crippen LogP contribution in [0.3, 0.4) is 0 Å². The first-order valence-corrected chi connectivity index (χ1v) is 29.0. The van der Waals surface area contributed by atoms with Gasteiger partial charge >= 0.3 is 0 Å². The van der Waals surface area contributed by atoms with Gasteiger partial charge in [-0.2, -0.15) is 30.1 Å². The molecule has 9 aromatic rings. The van der Waals surface area contributed by atoms with E-state index in [0.717, 1.165) is 101 Å². The van der Waals surface area contributed by atoms with E-state index in [9.17, 15) is 10.5 Å². The summed E-state index contributed by atoms with van der Waals surface area (Å²) in [5, 5.41) is 75.9. The Morgan fingerprint density at radius 1 is 0.400 bits per heavy atom. The Morgan fingerprint density at radius 3 is 0.953 bits per heavy atom. The summed E-state index contributed by atoms with van der Waals surface area (Å²) in [4.78, 5) is 10.3. The largest absolute Gasteiger partial charge is 0.340 e. The summed E-state index contributed by atoms with van der Waals surface area (Å²) in [6.07, 6.45) is 0. The van der Waals surface area contributed by atoms with Crippen molar-refractivity contribution in [2.75, 3.05) is 21.3 Å². The first kappa shape index (κ1) is 60.1. The Kier molecular flexibility index (Phi) is 16.5. The van der Waals surface area contributed by atoms with E-state index < -0.39 is 10.8 Å². The number of aryl methyl sites for hydroxylation is 14. The summed E-state index contributed by atoms with van der Waals surface area (Å²) in [6.45, 7) is 40.7. The summed E-state index contributed by atoms with van der Waals surface area (Å²) in [5.74, 6) is 2.43. The van der Waals surface area contributed by atoms with E-state index in [1.165, 1.54) is 20.5 Å². The molecule has 0 aliphatic heterocycles. The van der Waals surface area contributed by atoms with Crippen LogP contribution in [0.15, 0.2) is 81.1 Å². The number of anilines is 8. The summed E-state index contributed by atoms with van der Waals surface area (Å²) in [7, 11) is 0. The minimum Gasteiger partial charge on any atom is -0.340 e. The maximum Gasteiger partial charge on any atom is 0.236 e. The van der Waals surface area contributed by atoms with E-state index in [1.807, 2.05) is 67.5 Å². The smallest absolute Gasteiger partial charge is 0.236 e. The molecule has 0 saturated carbocycles. The van der Waals surface area contributed by atoms with Gasteiger partial charge in [0.2, 0.25) is 10.3 Å². The van der Waals surface area contributed by atoms with E-state index in [0.29, 0.717) is 46.0 Å². The molecular weight excluding hydrogens is 1080 g/mol. The molecule has 4 aromatic carbocycles. The number of azo groups is 2. The van der Waals surface area contributed by atoms with Gasteiger partial charge in [0, 0.05) is 33.6 Å². The van der Waals surface area contributed by atoms with Gasteiger partial charge in [-0.3, -0.25) is 0 Å². The molecular formula is C66H74N18S. The second-order valence-electron chi connectivity index (χ2n) is 24.5. The lowest BCUT2D eigenvalue weighted by molar-refractivity contribution is 0.557. The number of pyridine rings is 2. The van der Waals surface area contributed by atoms with Gasteiger partial charge in [0.1, 0.15) is 46.3 Å². The highest BCUT2D eigenvalue weighted by atomic mass is 32.1. The van der Waals surface area contributed by atoms with Gasteiger partial charge in [-0.15, -0.1) is 30.7 Å². The predicted octanol–water partition coefficient (Wildman–Crippen LogP) is 18.2. The molecule has 0 atom stereocenters. The van der Waals surface area contributed by atoms with Gasteiger partial charge in [-0.1, -0.05) is 124 Å². The van der Waals surface area contributed by atoms with Crippen LogP contribution >= 0.6 is 11.3 Å². The number of hydrogen-bond donors (Lipinski definition) is 4. The van der Waals surface area contributed by atoms with Crippen molar-refractivity contribution in [3.05, 3.63) is 161 Å². The third kappa shape index (κ3) is 12.4. The topological polar surface area (TPSA) is 232 Å². The Morgan fingerprint density at radius 2 is 0.682 bits per heavy atom. The van der Waals surface area contributed by atoms with Crippen molar-refractivity contribution in [3.8, 4) is 22.4 Å². The monoisotopic (exact) mass is 1150 g/mol. The van der Waals surface area contributed by atoms with Crippen LogP contribution in [-0.2, 0) is 10.8 Å². The van der Waals surface area contributed by atoms with Crippen molar-refractivity contribution >= 4 is 80.4 Å². The van der Waals surface area contributed by atoms with E-state index in [-0.39, 0.29) is 33.0 Å². The molecule has 85 heavy (non-hydrogen) atoms. The highest BCUT2D eigenvalue weighted by molar-refractivity contribution is 7.16. The molecule has 0 aliphatic rings. The van der Waals surface area contributed by atoms with Crippen LogP contribution in [-0.4, -0.2) is 39.7 Å². The third-order valence-corrected chi connectivity index (χ3v) is 15.6. The van der Waals surface area contributed by atoms with Gasteiger partial charge < -0.3 is 21.3 Å². The lowest BCUT2D eigenvalue weighted by Gasteiger charge is -2.18. The molecule has 0 bridgehead atoms. The quantitative estimate of drug-likeness (QED) is 0.0745. The van der Waals surface area contributed by atoms with Crippen LogP contribution in [0.5, 0.6) is 0 Å². The van der Waals surface area contributed by atoms with Crippen molar-refractivity contribution in [1.29, 1.82) is 10.5 Å². The number of benzene rings is 4. The standard InChI is InChI=1S/C66H74N18S/c1-33-21-37(5)51(38(6)22-33)69-49-29-45(13)55(59(71-49)73-53-41(9)25-35(3)26-42(53)10)75-77-61-47(31-67)57(65(15,16)17)81-83(61)63-79-80-64(85-63)84-62(48(32-68)58(82-84)66(18,19)20)78-76-56-46(14)30-50(70-52-39(7)23-34(2)24-40(52)8)72-60(56)74-54-43(11)27-36(4)28-44(54)12/h21-30H,1-20H3,(H2,69,71,73)(H2,70,72,74). The molecule has 18 nitrogen and oxygen atoms in total. The fourth-order valence-electron chi connectivity index (χ4n) is 11.0. The first-order chi connectivity index (χ1) is 40.0. The normalized spacial score (nSPS) is 11.9. The van der Waals surface area contributed by atoms with Gasteiger partial charge in [-0.25, -0.2) is 9.97 Å². The Hall–Kier alpha value is -9.46. The highest BCUT2D eigenvalue weighted by Crippen LogP contribution is 2.43. The van der Waals surface area contributed by atoms with Crippen LogP contribution in [0, 0.1) is 120 Å². The van der Waals surface area contributed by atoms with Gasteiger partial charge in [0.05, 0.1) is 11.4 Å². The van der Waals surface area contributed by atoms with Crippen LogP contribution in [0.4, 0.5) is 69.0 Å². The number of aromatic nitrogens is 8. The molecule has 5 heterocycles. The molecule has 0 unspecified atom stereocenters. The molecule has 9 rings (SSSR count). The van der Waals surface area contributed by atoms with E-state index >= 15 is 0 Å². The number of nitrogens with zero attached hydrogens (tertiary/aromatic N) is 14. The molecule has 0 spiro atoms. The zero-order valence-electron chi connectivity index (χ0n) is 52.4. The van der Waals surface area contributed by atoms with Gasteiger partial charge in [0.15, 0.2) is 23.3 Å². The Labute approximate surface area is 502 Å². The summed E-state index contributed by atoms with van der Waals surface area (Å²) in [6, 6.07) is 25.7. The molecule has 0 amide bonds. The summed E-state index contributed by atoms with van der Waals surface area (Å²) in [5.41, 5.74) is 19.5. The SMILES string of the molecule is Cc1cc(C)c(Nc2cc(C)c(N=Nc3c(C#N)c(C(C)(C)C)nn3-c3nnc(-n4nc(C(C)(C)C)c(C#N)c4N=Nc4c(C)cc(Nc5c(C)cc(C)cc5C)nc4Nc4c(C)cc(C)cc4C)s3)c(Nc3c(C)cc(C)cc3C)n2)c(C)c1. The average Bonchev–Trinajstić information content (AvgIpc) is 2.14. The fourth-order valence-corrected chi connectivity index (χ4v) is 11.7. The maximum absolute atomic E-state index is 11.0. The second-order valence-corrected chi connectivity index (χ2v) is 25.5. The molecule has 0 saturated heterocycles. The predicted molar refractivity (Wildman–Crippen MR) is 343 cm³/mol. The zero-order valence-corrected chi connectivity index (χ0v) is 53.3.